The molecule has 1 aromatic heterocycles. The van der Waals surface area contributed by atoms with E-state index in [1.54, 1.807) is 12.3 Å². The number of amides is 1. The van der Waals surface area contributed by atoms with Crippen molar-refractivity contribution in [2.45, 2.75) is 45.4 Å². The Kier molecular flexibility index (Phi) is 5.25. The summed E-state index contributed by atoms with van der Waals surface area (Å²) in [7, 11) is -3.24. The van der Waals surface area contributed by atoms with Gasteiger partial charge < -0.3 is 5.32 Å². The number of nitrogens with one attached hydrogen (secondary N) is 1. The summed E-state index contributed by atoms with van der Waals surface area (Å²) in [6.45, 7) is 2.04. The van der Waals surface area contributed by atoms with Gasteiger partial charge in [0.2, 0.25) is 5.91 Å². The quantitative estimate of drug-likeness (QED) is 0.765. The Hall–Kier alpha value is -1.47. The summed E-state index contributed by atoms with van der Waals surface area (Å²) >= 11 is 1.43. The predicted molar refractivity (Wildman–Crippen MR) is 113 cm³/mol. The van der Waals surface area contributed by atoms with E-state index in [-0.39, 0.29) is 17.7 Å². The summed E-state index contributed by atoms with van der Waals surface area (Å²) in [4.78, 5) is 18.0. The molecule has 0 saturated heterocycles. The molecule has 0 spiro atoms. The second-order valence-electron chi connectivity index (χ2n) is 8.63. The molecule has 4 atom stereocenters. The molecule has 2 fully saturated rings. The number of allylic oxidation sites excluding steroid dienone is 3. The van der Waals surface area contributed by atoms with Gasteiger partial charge in [-0.2, -0.15) is 0 Å². The third-order valence-electron chi connectivity index (χ3n) is 6.84. The molecule has 5 nitrogen and oxygen atoms in total. The fraction of sp³-hybridized carbons (Fsp3) is 0.619. The number of carbonyl (C=O) groups excluding carboxylic acids is 1. The number of anilines is 1. The summed E-state index contributed by atoms with van der Waals surface area (Å²) in [6, 6.07) is 0. The van der Waals surface area contributed by atoms with Gasteiger partial charge in [-0.05, 0) is 36.2 Å². The van der Waals surface area contributed by atoms with Crippen LogP contribution in [0, 0.1) is 29.1 Å². The fourth-order valence-corrected chi connectivity index (χ4v) is 6.71. The first kappa shape index (κ1) is 19.8. The van der Waals surface area contributed by atoms with Crippen LogP contribution in [0.3, 0.4) is 0 Å². The average molecular weight is 421 g/mol. The van der Waals surface area contributed by atoms with Crippen LogP contribution in [0.2, 0.25) is 0 Å². The first-order valence-corrected chi connectivity index (χ1v) is 12.9. The third-order valence-corrected chi connectivity index (χ3v) is 8.66. The van der Waals surface area contributed by atoms with Crippen molar-refractivity contribution in [1.82, 2.24) is 4.98 Å². The SMILES string of the molecule is CC1C=C(S(C)(=O)=O)C=CC1[C@@]1(C(=O)Nc2nccs2)C[C@H]1C1CCCCC1. The van der Waals surface area contributed by atoms with Crippen LogP contribution < -0.4 is 5.32 Å². The van der Waals surface area contributed by atoms with Gasteiger partial charge in [0, 0.05) is 17.8 Å². The number of aromatic nitrogens is 1. The molecule has 1 N–H and O–H groups in total. The van der Waals surface area contributed by atoms with E-state index in [0.29, 0.717) is 21.9 Å². The van der Waals surface area contributed by atoms with Crippen molar-refractivity contribution in [3.05, 3.63) is 34.7 Å². The van der Waals surface area contributed by atoms with Crippen molar-refractivity contribution >= 4 is 32.2 Å². The fourth-order valence-electron chi connectivity index (χ4n) is 5.40. The molecule has 2 unspecified atom stereocenters. The van der Waals surface area contributed by atoms with Crippen LogP contribution in [0.15, 0.2) is 34.7 Å². The van der Waals surface area contributed by atoms with Gasteiger partial charge in [0.1, 0.15) is 0 Å². The van der Waals surface area contributed by atoms with E-state index in [1.165, 1.54) is 49.7 Å². The normalized spacial score (nSPS) is 33.4. The lowest BCUT2D eigenvalue weighted by molar-refractivity contribution is -0.124. The van der Waals surface area contributed by atoms with Crippen LogP contribution in [0.25, 0.3) is 0 Å². The maximum atomic E-state index is 13.5. The minimum atomic E-state index is -3.24. The summed E-state index contributed by atoms with van der Waals surface area (Å²) in [5.74, 6) is 1.04. The molecule has 0 aliphatic heterocycles. The number of hydrogen-bond donors (Lipinski definition) is 1. The molecule has 3 aliphatic carbocycles. The summed E-state index contributed by atoms with van der Waals surface area (Å²) in [5, 5.41) is 5.55. The Morgan fingerprint density at radius 3 is 2.64 bits per heavy atom. The Labute approximate surface area is 171 Å². The van der Waals surface area contributed by atoms with Crippen LogP contribution in [0.4, 0.5) is 5.13 Å². The number of carbonyl (C=O) groups is 1. The predicted octanol–water partition coefficient (Wildman–Crippen LogP) is 4.42. The average Bonchev–Trinajstić information content (AvgIpc) is 3.21. The lowest BCUT2D eigenvalue weighted by Gasteiger charge is -2.33. The summed E-state index contributed by atoms with van der Waals surface area (Å²) in [6.07, 6.45) is 15.5. The number of hydrogen-bond acceptors (Lipinski definition) is 5. The van der Waals surface area contributed by atoms with Crippen LogP contribution >= 0.6 is 11.3 Å². The highest BCUT2D eigenvalue weighted by molar-refractivity contribution is 7.94. The molecule has 1 amide bonds. The van der Waals surface area contributed by atoms with Gasteiger partial charge >= 0.3 is 0 Å². The minimum absolute atomic E-state index is 0.00496. The Morgan fingerprint density at radius 2 is 2.04 bits per heavy atom. The van der Waals surface area contributed by atoms with E-state index >= 15 is 0 Å². The number of nitrogens with zero attached hydrogens (tertiary/aromatic N) is 1. The van der Waals surface area contributed by atoms with E-state index in [4.69, 9.17) is 0 Å². The number of rotatable bonds is 5. The number of sulfone groups is 1. The Morgan fingerprint density at radius 1 is 1.29 bits per heavy atom. The van der Waals surface area contributed by atoms with Crippen molar-refractivity contribution in [2.24, 2.45) is 29.1 Å². The van der Waals surface area contributed by atoms with Crippen LogP contribution in [-0.2, 0) is 14.6 Å². The monoisotopic (exact) mass is 420 g/mol. The smallest absolute Gasteiger partial charge is 0.233 e. The molecular weight excluding hydrogens is 392 g/mol. The third kappa shape index (κ3) is 3.59. The van der Waals surface area contributed by atoms with Crippen LogP contribution in [0.5, 0.6) is 0 Å². The second-order valence-corrected chi connectivity index (χ2v) is 11.5. The van der Waals surface area contributed by atoms with Crippen molar-refractivity contribution in [3.63, 3.8) is 0 Å². The molecule has 4 rings (SSSR count). The van der Waals surface area contributed by atoms with Crippen molar-refractivity contribution in [2.75, 3.05) is 11.6 Å². The molecule has 7 heteroatoms. The zero-order chi connectivity index (χ0) is 19.9. The molecule has 1 aromatic rings. The molecule has 3 aliphatic rings. The first-order valence-electron chi connectivity index (χ1n) is 10.1. The van der Waals surface area contributed by atoms with Crippen molar-refractivity contribution in [1.29, 1.82) is 0 Å². The van der Waals surface area contributed by atoms with Gasteiger partial charge in [-0.1, -0.05) is 51.2 Å². The van der Waals surface area contributed by atoms with E-state index in [1.807, 2.05) is 24.5 Å². The largest absolute Gasteiger partial charge is 0.301 e. The van der Waals surface area contributed by atoms with E-state index in [0.717, 1.165) is 6.42 Å². The van der Waals surface area contributed by atoms with Gasteiger partial charge in [0.25, 0.3) is 0 Å². The van der Waals surface area contributed by atoms with E-state index < -0.39 is 15.3 Å². The summed E-state index contributed by atoms with van der Waals surface area (Å²) < 4.78 is 23.9. The minimum Gasteiger partial charge on any atom is -0.301 e. The molecule has 2 saturated carbocycles. The molecule has 0 aromatic carbocycles. The Bertz CT molecular complexity index is 898. The Balaban J connectivity index is 1.62. The second kappa shape index (κ2) is 7.41. The molecule has 0 radical (unpaired) electrons. The highest BCUT2D eigenvalue weighted by Gasteiger charge is 2.66. The van der Waals surface area contributed by atoms with E-state index in [2.05, 4.69) is 10.3 Å². The van der Waals surface area contributed by atoms with Crippen LogP contribution in [0.1, 0.15) is 45.4 Å². The maximum absolute atomic E-state index is 13.5. The maximum Gasteiger partial charge on any atom is 0.233 e. The van der Waals surface area contributed by atoms with Crippen molar-refractivity contribution in [3.8, 4) is 0 Å². The van der Waals surface area contributed by atoms with Gasteiger partial charge in [-0.25, -0.2) is 13.4 Å². The standard InChI is InChI=1S/C21H28N2O3S2/c1-14-12-16(28(2,25)26)8-9-17(14)21(19(24)23-20-22-10-11-27-20)13-18(21)15-6-4-3-5-7-15/h8-12,14-15,17-18H,3-7,13H2,1-2H3,(H,22,23,24)/t14?,17?,18-,21-/m0/s1. The highest BCUT2D eigenvalue weighted by Crippen LogP contribution is 2.66. The topological polar surface area (TPSA) is 76.1 Å². The van der Waals surface area contributed by atoms with Crippen molar-refractivity contribution < 1.29 is 13.2 Å². The van der Waals surface area contributed by atoms with Crippen LogP contribution in [-0.4, -0.2) is 25.6 Å². The van der Waals surface area contributed by atoms with E-state index in [9.17, 15) is 13.2 Å². The molecular formula is C21H28N2O3S2. The van der Waals surface area contributed by atoms with Gasteiger partial charge in [-0.15, -0.1) is 11.3 Å². The molecule has 1 heterocycles. The van der Waals surface area contributed by atoms with Gasteiger partial charge in [-0.3, -0.25) is 4.79 Å². The lowest BCUT2D eigenvalue weighted by atomic mass is 9.72. The molecule has 28 heavy (non-hydrogen) atoms. The first-order chi connectivity index (χ1) is 13.3. The van der Waals surface area contributed by atoms with Gasteiger partial charge in [0.05, 0.1) is 10.3 Å². The molecule has 0 bridgehead atoms. The zero-order valence-corrected chi connectivity index (χ0v) is 18.1. The van der Waals surface area contributed by atoms with Gasteiger partial charge in [0.15, 0.2) is 15.0 Å². The number of thiazole rings is 1. The molecule has 152 valence electrons. The highest BCUT2D eigenvalue weighted by atomic mass is 32.2. The zero-order valence-electron chi connectivity index (χ0n) is 16.4. The summed E-state index contributed by atoms with van der Waals surface area (Å²) in [5.41, 5.74) is -0.455. The lowest BCUT2D eigenvalue weighted by Crippen LogP contribution is -2.37.